The molecule has 0 saturated carbocycles. The number of hydrogen-bond donors (Lipinski definition) is 1. The molecule has 1 N–H and O–H groups in total. The fraction of sp³-hybridized carbons (Fsp3) is 0.179. The zero-order valence-corrected chi connectivity index (χ0v) is 21.7. The minimum Gasteiger partial charge on any atom is -0.489 e. The van der Waals surface area contributed by atoms with Crippen molar-refractivity contribution in [1.29, 1.82) is 0 Å². The van der Waals surface area contributed by atoms with Crippen LogP contribution in [0.3, 0.4) is 0 Å². The monoisotopic (exact) mass is 538 g/mol. The second kappa shape index (κ2) is 11.6. The van der Waals surface area contributed by atoms with Gasteiger partial charge in [0.05, 0.1) is 9.93 Å². The van der Waals surface area contributed by atoms with Crippen molar-refractivity contribution in [3.63, 3.8) is 0 Å². The first-order valence-corrected chi connectivity index (χ1v) is 12.7. The van der Waals surface area contributed by atoms with Crippen molar-refractivity contribution in [3.05, 3.63) is 99.2 Å². The smallest absolute Gasteiger partial charge is 0.294 e. The number of imide groups is 1. The summed E-state index contributed by atoms with van der Waals surface area (Å²) >= 11 is 6.81. The Morgan fingerprint density at radius 1 is 1.11 bits per heavy atom. The molecule has 0 radical (unpaired) electrons. The third-order valence-electron chi connectivity index (χ3n) is 5.64. The van der Waals surface area contributed by atoms with Gasteiger partial charge < -0.3 is 10.1 Å². The molecule has 6 nitrogen and oxygen atoms in total. The lowest BCUT2D eigenvalue weighted by Gasteiger charge is -2.13. The van der Waals surface area contributed by atoms with Crippen LogP contribution in [0.1, 0.15) is 36.5 Å². The zero-order chi connectivity index (χ0) is 26.5. The van der Waals surface area contributed by atoms with E-state index in [-0.39, 0.29) is 28.6 Å². The number of nitrogens with zero attached hydrogens (tertiary/aromatic N) is 1. The Kier molecular flexibility index (Phi) is 8.31. The van der Waals surface area contributed by atoms with E-state index in [4.69, 9.17) is 16.3 Å². The Morgan fingerprint density at radius 3 is 2.54 bits per heavy atom. The second-order valence-corrected chi connectivity index (χ2v) is 10.1. The van der Waals surface area contributed by atoms with E-state index in [0.29, 0.717) is 22.9 Å². The first kappa shape index (κ1) is 26.4. The van der Waals surface area contributed by atoms with Gasteiger partial charge in [-0.25, -0.2) is 4.39 Å². The van der Waals surface area contributed by atoms with Crippen molar-refractivity contribution in [2.24, 2.45) is 0 Å². The molecule has 9 heteroatoms. The first-order chi connectivity index (χ1) is 17.7. The Labute approximate surface area is 223 Å². The quantitative estimate of drug-likeness (QED) is 0.317. The second-order valence-electron chi connectivity index (χ2n) is 8.65. The molecule has 3 aromatic carbocycles. The maximum Gasteiger partial charge on any atom is 0.294 e. The molecule has 190 valence electrons. The van der Waals surface area contributed by atoms with Gasteiger partial charge in [-0.2, -0.15) is 0 Å². The summed E-state index contributed by atoms with van der Waals surface area (Å²) in [5.41, 5.74) is 2.58. The van der Waals surface area contributed by atoms with Crippen LogP contribution in [0.4, 0.5) is 14.9 Å². The van der Waals surface area contributed by atoms with Crippen LogP contribution in [0.25, 0.3) is 6.08 Å². The van der Waals surface area contributed by atoms with Crippen LogP contribution in [-0.2, 0) is 16.2 Å². The molecule has 0 aliphatic carbocycles. The number of halogens is 2. The predicted molar refractivity (Wildman–Crippen MR) is 144 cm³/mol. The van der Waals surface area contributed by atoms with Crippen LogP contribution in [0.2, 0.25) is 5.02 Å². The number of benzene rings is 3. The molecule has 0 bridgehead atoms. The Hall–Kier alpha value is -3.62. The van der Waals surface area contributed by atoms with Crippen LogP contribution >= 0.6 is 23.4 Å². The number of carbonyl (C=O) groups excluding carboxylic acids is 3. The minimum absolute atomic E-state index is 0.0687. The first-order valence-electron chi connectivity index (χ1n) is 11.5. The summed E-state index contributed by atoms with van der Waals surface area (Å²) in [7, 11) is 0. The van der Waals surface area contributed by atoms with E-state index in [1.165, 1.54) is 12.1 Å². The average Bonchev–Trinajstić information content (AvgIpc) is 3.11. The standard InChI is InChI=1S/C28H24ClFN2O4S/c1-17(2)19-9-11-20(12-10-19)31-26(33)15-32-27(34)25(37-28(32)35)14-18-5-3-6-21(13-18)36-16-22-23(29)7-4-8-24(22)30/h3-14,17H,15-16H2,1-2H3,(H,31,33)/b25-14+. The molecule has 4 rings (SSSR count). The van der Waals surface area contributed by atoms with Gasteiger partial charge in [0.1, 0.15) is 24.7 Å². The number of amides is 3. The lowest BCUT2D eigenvalue weighted by atomic mass is 10.0. The SMILES string of the molecule is CC(C)c1ccc(NC(=O)CN2C(=O)S/C(=C/c3cccc(OCc4c(F)cccc4Cl)c3)C2=O)cc1. The minimum atomic E-state index is -0.551. The van der Waals surface area contributed by atoms with Crippen molar-refractivity contribution in [2.45, 2.75) is 26.4 Å². The number of anilines is 1. The molecule has 1 aliphatic heterocycles. The van der Waals surface area contributed by atoms with Gasteiger partial charge in [-0.3, -0.25) is 19.3 Å². The molecule has 0 atom stereocenters. The highest BCUT2D eigenvalue weighted by atomic mass is 35.5. The third-order valence-corrected chi connectivity index (χ3v) is 6.90. The largest absolute Gasteiger partial charge is 0.489 e. The topological polar surface area (TPSA) is 75.7 Å². The van der Waals surface area contributed by atoms with Gasteiger partial charge in [0.25, 0.3) is 11.1 Å². The maximum absolute atomic E-state index is 14.0. The molecule has 0 unspecified atom stereocenters. The van der Waals surface area contributed by atoms with Crippen molar-refractivity contribution >= 4 is 52.2 Å². The molecule has 37 heavy (non-hydrogen) atoms. The summed E-state index contributed by atoms with van der Waals surface area (Å²) in [6, 6.07) is 18.6. The Morgan fingerprint density at radius 2 is 1.84 bits per heavy atom. The number of thioether (sulfide) groups is 1. The summed E-state index contributed by atoms with van der Waals surface area (Å²) in [5, 5.41) is 2.46. The van der Waals surface area contributed by atoms with Crippen LogP contribution < -0.4 is 10.1 Å². The van der Waals surface area contributed by atoms with Crippen LogP contribution in [0, 0.1) is 5.82 Å². The molecular formula is C28H24ClFN2O4S. The van der Waals surface area contributed by atoms with Crippen LogP contribution in [-0.4, -0.2) is 28.5 Å². The van der Waals surface area contributed by atoms with Crippen LogP contribution in [0.15, 0.2) is 71.6 Å². The molecule has 0 aromatic heterocycles. The van der Waals surface area contributed by atoms with E-state index < -0.39 is 22.9 Å². The Balaban J connectivity index is 1.39. The predicted octanol–water partition coefficient (Wildman–Crippen LogP) is 6.86. The van der Waals surface area contributed by atoms with E-state index >= 15 is 0 Å². The highest BCUT2D eigenvalue weighted by Crippen LogP contribution is 2.33. The Bertz CT molecular complexity index is 1350. The van der Waals surface area contributed by atoms with Crippen molar-refractivity contribution in [3.8, 4) is 5.75 Å². The summed E-state index contributed by atoms with van der Waals surface area (Å²) < 4.78 is 19.7. The van der Waals surface area contributed by atoms with Gasteiger partial charge in [-0.05, 0) is 71.3 Å². The van der Waals surface area contributed by atoms with Crippen molar-refractivity contribution < 1.29 is 23.5 Å². The summed E-state index contributed by atoms with van der Waals surface area (Å²) in [4.78, 5) is 38.9. The number of carbonyl (C=O) groups is 3. The lowest BCUT2D eigenvalue weighted by molar-refractivity contribution is -0.127. The number of nitrogens with one attached hydrogen (secondary N) is 1. The molecule has 1 aliphatic rings. The molecule has 1 heterocycles. The third kappa shape index (κ3) is 6.58. The average molecular weight is 539 g/mol. The van der Waals surface area contributed by atoms with Gasteiger partial charge in [-0.1, -0.05) is 55.8 Å². The van der Waals surface area contributed by atoms with Gasteiger partial charge in [0.2, 0.25) is 5.91 Å². The van der Waals surface area contributed by atoms with Crippen molar-refractivity contribution in [1.82, 2.24) is 4.90 Å². The molecule has 3 aromatic rings. The summed E-state index contributed by atoms with van der Waals surface area (Å²) in [6.45, 7) is 3.69. The maximum atomic E-state index is 14.0. The molecule has 0 spiro atoms. The van der Waals surface area contributed by atoms with Gasteiger partial charge in [0, 0.05) is 11.3 Å². The molecule has 1 fully saturated rings. The van der Waals surface area contributed by atoms with E-state index in [9.17, 15) is 18.8 Å². The van der Waals surface area contributed by atoms with Gasteiger partial charge >= 0.3 is 0 Å². The van der Waals surface area contributed by atoms with Crippen molar-refractivity contribution in [2.75, 3.05) is 11.9 Å². The van der Waals surface area contributed by atoms with E-state index in [2.05, 4.69) is 19.2 Å². The highest BCUT2D eigenvalue weighted by molar-refractivity contribution is 8.18. The highest BCUT2D eigenvalue weighted by Gasteiger charge is 2.36. The summed E-state index contributed by atoms with van der Waals surface area (Å²) in [5.74, 6) is -0.679. The van der Waals surface area contributed by atoms with Crippen LogP contribution in [0.5, 0.6) is 5.75 Å². The molecular weight excluding hydrogens is 515 g/mol. The fourth-order valence-electron chi connectivity index (χ4n) is 3.60. The number of ether oxygens (including phenoxy) is 1. The normalized spacial score (nSPS) is 14.5. The van der Waals surface area contributed by atoms with E-state index in [0.717, 1.165) is 22.2 Å². The van der Waals surface area contributed by atoms with E-state index in [1.807, 2.05) is 12.1 Å². The lowest BCUT2D eigenvalue weighted by Crippen LogP contribution is -2.36. The number of rotatable bonds is 8. The van der Waals surface area contributed by atoms with Gasteiger partial charge in [0.15, 0.2) is 0 Å². The molecule has 3 amide bonds. The number of hydrogen-bond acceptors (Lipinski definition) is 5. The fourth-order valence-corrected chi connectivity index (χ4v) is 4.66. The molecule has 1 saturated heterocycles. The van der Waals surface area contributed by atoms with Gasteiger partial charge in [-0.15, -0.1) is 0 Å². The van der Waals surface area contributed by atoms with E-state index in [1.54, 1.807) is 48.5 Å². The zero-order valence-electron chi connectivity index (χ0n) is 20.2. The summed E-state index contributed by atoms with van der Waals surface area (Å²) in [6.07, 6.45) is 1.55.